The van der Waals surface area contributed by atoms with Crippen LogP contribution in [0.1, 0.15) is 69.6 Å². The lowest BCUT2D eigenvalue weighted by atomic mass is 9.97. The summed E-state index contributed by atoms with van der Waals surface area (Å²) in [6.45, 7) is 12.4. The summed E-state index contributed by atoms with van der Waals surface area (Å²) < 4.78 is 0. The molecule has 4 heteroatoms. The Kier molecular flexibility index (Phi) is 7.38. The van der Waals surface area contributed by atoms with Gasteiger partial charge < -0.3 is 10.2 Å². The van der Waals surface area contributed by atoms with Crippen molar-refractivity contribution < 1.29 is 9.59 Å². The minimum Gasteiger partial charge on any atom is -0.326 e. The molecule has 2 amide bonds. The molecule has 2 rings (SSSR count). The molecular weight excluding hydrogens is 348 g/mol. The summed E-state index contributed by atoms with van der Waals surface area (Å²) in [7, 11) is 0. The van der Waals surface area contributed by atoms with Crippen LogP contribution in [0.5, 0.6) is 0 Å². The quantitative estimate of drug-likeness (QED) is 0.677. The smallest absolute Gasteiger partial charge is 0.226 e. The molecule has 0 unspecified atom stereocenters. The van der Waals surface area contributed by atoms with Gasteiger partial charge in [0.2, 0.25) is 11.8 Å². The van der Waals surface area contributed by atoms with Crippen molar-refractivity contribution in [2.45, 2.75) is 59.8 Å². The van der Waals surface area contributed by atoms with Gasteiger partial charge in [-0.05, 0) is 47.6 Å². The minimum atomic E-state index is -0.0942. The number of rotatable bonds is 7. The molecule has 150 valence electrons. The molecule has 0 aliphatic heterocycles. The van der Waals surface area contributed by atoms with Crippen molar-refractivity contribution in [3.05, 3.63) is 59.2 Å². The highest BCUT2D eigenvalue weighted by Crippen LogP contribution is 2.31. The van der Waals surface area contributed by atoms with Gasteiger partial charge >= 0.3 is 0 Å². The van der Waals surface area contributed by atoms with Crippen LogP contribution in [0.3, 0.4) is 0 Å². The Morgan fingerprint density at radius 3 is 2.14 bits per heavy atom. The second kappa shape index (κ2) is 9.54. The van der Waals surface area contributed by atoms with Crippen LogP contribution in [0.15, 0.2) is 42.5 Å². The van der Waals surface area contributed by atoms with Crippen LogP contribution >= 0.6 is 0 Å². The van der Waals surface area contributed by atoms with Gasteiger partial charge in [-0.15, -0.1) is 0 Å². The molecule has 0 radical (unpaired) electrons. The zero-order valence-corrected chi connectivity index (χ0v) is 17.9. The zero-order chi connectivity index (χ0) is 20.8. The molecule has 0 aliphatic carbocycles. The largest absolute Gasteiger partial charge is 0.326 e. The zero-order valence-electron chi connectivity index (χ0n) is 17.9. The van der Waals surface area contributed by atoms with E-state index in [1.165, 1.54) is 5.56 Å². The molecule has 4 nitrogen and oxygen atoms in total. The second-order valence-corrected chi connectivity index (χ2v) is 7.91. The van der Waals surface area contributed by atoms with E-state index in [1.807, 2.05) is 43.3 Å². The average Bonchev–Trinajstić information content (AvgIpc) is 2.63. The topological polar surface area (TPSA) is 49.4 Å². The molecular formula is C24H32N2O2. The number of anilines is 2. The third-order valence-corrected chi connectivity index (χ3v) is 4.96. The standard InChI is InChI=1S/C24H32N2O2/c1-16(2)20-10-12-21(13-11-20)25-23(28)14-15-26(19(6)27)24-18(5)8-7-9-22(24)17(3)4/h7-13,16-17H,14-15H2,1-6H3,(H,25,28). The first kappa shape index (κ1) is 21.7. The molecule has 0 saturated heterocycles. The molecule has 1 N–H and O–H groups in total. The Morgan fingerprint density at radius 1 is 0.964 bits per heavy atom. The van der Waals surface area contributed by atoms with E-state index in [4.69, 9.17) is 0 Å². The first-order valence-corrected chi connectivity index (χ1v) is 9.98. The highest BCUT2D eigenvalue weighted by molar-refractivity contribution is 5.96. The van der Waals surface area contributed by atoms with Crippen molar-refractivity contribution in [2.75, 3.05) is 16.8 Å². The van der Waals surface area contributed by atoms with Crippen LogP contribution in [-0.4, -0.2) is 18.4 Å². The van der Waals surface area contributed by atoms with Gasteiger partial charge in [0.15, 0.2) is 0 Å². The summed E-state index contributed by atoms with van der Waals surface area (Å²) >= 11 is 0. The number of para-hydroxylation sites is 1. The number of nitrogens with zero attached hydrogens (tertiary/aromatic N) is 1. The summed E-state index contributed by atoms with van der Waals surface area (Å²) in [6, 6.07) is 14.0. The summed E-state index contributed by atoms with van der Waals surface area (Å²) in [5, 5.41) is 2.93. The Hall–Kier alpha value is -2.62. The lowest BCUT2D eigenvalue weighted by molar-refractivity contribution is -0.117. The van der Waals surface area contributed by atoms with Crippen molar-refractivity contribution in [1.29, 1.82) is 0 Å². The molecule has 0 aromatic heterocycles. The van der Waals surface area contributed by atoms with Crippen LogP contribution < -0.4 is 10.2 Å². The average molecular weight is 381 g/mol. The number of aryl methyl sites for hydroxylation is 1. The maximum atomic E-state index is 12.4. The molecule has 2 aromatic carbocycles. The number of carbonyl (C=O) groups is 2. The van der Waals surface area contributed by atoms with Crippen LogP contribution in [0.25, 0.3) is 0 Å². The van der Waals surface area contributed by atoms with Gasteiger partial charge in [-0.1, -0.05) is 58.0 Å². The fraction of sp³-hybridized carbons (Fsp3) is 0.417. The van der Waals surface area contributed by atoms with Gasteiger partial charge in [0.1, 0.15) is 0 Å². The van der Waals surface area contributed by atoms with Crippen LogP contribution in [-0.2, 0) is 9.59 Å². The maximum absolute atomic E-state index is 12.4. The lowest BCUT2D eigenvalue weighted by Gasteiger charge is -2.27. The van der Waals surface area contributed by atoms with Gasteiger partial charge in [0, 0.05) is 31.3 Å². The third-order valence-electron chi connectivity index (χ3n) is 4.96. The fourth-order valence-electron chi connectivity index (χ4n) is 3.33. The first-order chi connectivity index (χ1) is 13.2. The SMILES string of the molecule is CC(=O)N(CCC(=O)Nc1ccc(C(C)C)cc1)c1c(C)cccc1C(C)C. The molecule has 28 heavy (non-hydrogen) atoms. The number of carbonyl (C=O) groups excluding carboxylic acids is 2. The highest BCUT2D eigenvalue weighted by Gasteiger charge is 2.20. The van der Waals surface area contributed by atoms with E-state index in [0.717, 1.165) is 22.5 Å². The van der Waals surface area contributed by atoms with Crippen LogP contribution in [0.2, 0.25) is 0 Å². The molecule has 2 aromatic rings. The first-order valence-electron chi connectivity index (χ1n) is 9.98. The van der Waals surface area contributed by atoms with Crippen LogP contribution in [0, 0.1) is 6.92 Å². The van der Waals surface area contributed by atoms with Gasteiger partial charge in [0.25, 0.3) is 0 Å². The van der Waals surface area contributed by atoms with E-state index in [1.54, 1.807) is 11.8 Å². The summed E-state index contributed by atoms with van der Waals surface area (Å²) in [5.74, 6) is 0.608. The van der Waals surface area contributed by atoms with E-state index in [9.17, 15) is 9.59 Å². The number of benzene rings is 2. The fourth-order valence-corrected chi connectivity index (χ4v) is 3.33. The van der Waals surface area contributed by atoms with E-state index >= 15 is 0 Å². The van der Waals surface area contributed by atoms with E-state index in [-0.39, 0.29) is 18.2 Å². The number of hydrogen-bond donors (Lipinski definition) is 1. The van der Waals surface area contributed by atoms with Crippen molar-refractivity contribution in [3.8, 4) is 0 Å². The van der Waals surface area contributed by atoms with Crippen molar-refractivity contribution in [1.82, 2.24) is 0 Å². The van der Waals surface area contributed by atoms with Crippen molar-refractivity contribution >= 4 is 23.2 Å². The number of hydrogen-bond acceptors (Lipinski definition) is 2. The van der Waals surface area contributed by atoms with Gasteiger partial charge in [-0.25, -0.2) is 0 Å². The van der Waals surface area contributed by atoms with Gasteiger partial charge in [-0.3, -0.25) is 9.59 Å². The molecule has 0 saturated carbocycles. The lowest BCUT2D eigenvalue weighted by Crippen LogP contribution is -2.33. The molecule has 0 spiro atoms. The second-order valence-electron chi connectivity index (χ2n) is 7.91. The predicted molar refractivity (Wildman–Crippen MR) is 117 cm³/mol. The minimum absolute atomic E-state index is 0.0507. The Bertz CT molecular complexity index is 823. The predicted octanol–water partition coefficient (Wildman–Crippen LogP) is 5.62. The Morgan fingerprint density at radius 2 is 1.61 bits per heavy atom. The van der Waals surface area contributed by atoms with E-state index in [0.29, 0.717) is 18.4 Å². The summed E-state index contributed by atoms with van der Waals surface area (Å²) in [6.07, 6.45) is 0.247. The van der Waals surface area contributed by atoms with Gasteiger partial charge in [-0.2, -0.15) is 0 Å². The Labute approximate surface area is 169 Å². The third kappa shape index (κ3) is 5.44. The van der Waals surface area contributed by atoms with Gasteiger partial charge in [0.05, 0.1) is 0 Å². The molecule has 0 aliphatic rings. The van der Waals surface area contributed by atoms with E-state index < -0.39 is 0 Å². The normalized spacial score (nSPS) is 11.0. The highest BCUT2D eigenvalue weighted by atomic mass is 16.2. The molecule has 0 atom stereocenters. The van der Waals surface area contributed by atoms with E-state index in [2.05, 4.69) is 39.1 Å². The molecule has 0 bridgehead atoms. The summed E-state index contributed by atoms with van der Waals surface area (Å²) in [5.41, 5.74) is 5.12. The summed E-state index contributed by atoms with van der Waals surface area (Å²) in [4.78, 5) is 26.5. The number of amides is 2. The van der Waals surface area contributed by atoms with Crippen molar-refractivity contribution in [2.24, 2.45) is 0 Å². The molecule has 0 heterocycles. The Balaban J connectivity index is 2.10. The van der Waals surface area contributed by atoms with Crippen LogP contribution in [0.4, 0.5) is 11.4 Å². The molecule has 0 fully saturated rings. The van der Waals surface area contributed by atoms with Crippen molar-refractivity contribution in [3.63, 3.8) is 0 Å². The monoisotopic (exact) mass is 380 g/mol. The number of nitrogens with one attached hydrogen (secondary N) is 1. The maximum Gasteiger partial charge on any atom is 0.226 e.